The van der Waals surface area contributed by atoms with Gasteiger partial charge in [-0.1, -0.05) is 6.07 Å². The van der Waals surface area contributed by atoms with E-state index in [0.29, 0.717) is 6.04 Å². The molecule has 2 heterocycles. The van der Waals surface area contributed by atoms with Crippen molar-refractivity contribution in [2.45, 2.75) is 13.0 Å². The second-order valence-corrected chi connectivity index (χ2v) is 4.79. The van der Waals surface area contributed by atoms with Gasteiger partial charge in [0.15, 0.2) is 0 Å². The van der Waals surface area contributed by atoms with E-state index in [0.717, 1.165) is 11.6 Å². The van der Waals surface area contributed by atoms with Gasteiger partial charge in [0.2, 0.25) is 0 Å². The summed E-state index contributed by atoms with van der Waals surface area (Å²) in [4.78, 5) is 11.9. The van der Waals surface area contributed by atoms with Crippen LogP contribution in [-0.2, 0) is 0 Å². The predicted octanol–water partition coefficient (Wildman–Crippen LogP) is 2.78. The van der Waals surface area contributed by atoms with E-state index in [4.69, 9.17) is 0 Å². The number of nitrogens with one attached hydrogen (secondary N) is 1. The topological polar surface area (TPSA) is 41.0 Å². The molecule has 0 aliphatic heterocycles. The summed E-state index contributed by atoms with van der Waals surface area (Å²) >= 11 is 1.76. The van der Waals surface area contributed by atoms with Gasteiger partial charge in [-0.15, -0.1) is 11.3 Å². The third-order valence-corrected chi connectivity index (χ3v) is 3.85. The Hall–Kier alpha value is -1.62. The van der Waals surface area contributed by atoms with Crippen molar-refractivity contribution in [1.82, 2.24) is 9.97 Å². The zero-order valence-electron chi connectivity index (χ0n) is 10.2. The van der Waals surface area contributed by atoms with Gasteiger partial charge in [0.25, 0.3) is 0 Å². The highest BCUT2D eigenvalue weighted by atomic mass is 32.1. The van der Waals surface area contributed by atoms with Crippen LogP contribution in [0.5, 0.6) is 0 Å². The monoisotopic (exact) mass is 248 g/mol. The Labute approximate surface area is 105 Å². The number of rotatable bonds is 4. The maximum atomic E-state index is 4.30. The molecule has 0 bridgehead atoms. The summed E-state index contributed by atoms with van der Waals surface area (Å²) in [5.74, 6) is 1.76. The molecule has 4 nitrogen and oxygen atoms in total. The van der Waals surface area contributed by atoms with Crippen LogP contribution >= 0.6 is 11.3 Å². The lowest BCUT2D eigenvalue weighted by Gasteiger charge is -2.25. The van der Waals surface area contributed by atoms with Gasteiger partial charge in [0.1, 0.15) is 18.0 Å². The molecule has 0 saturated heterocycles. The molecule has 1 atom stereocenters. The van der Waals surface area contributed by atoms with Gasteiger partial charge < -0.3 is 10.2 Å². The van der Waals surface area contributed by atoms with Crippen LogP contribution < -0.4 is 10.2 Å². The summed E-state index contributed by atoms with van der Waals surface area (Å²) in [5.41, 5.74) is 0. The third kappa shape index (κ3) is 2.55. The van der Waals surface area contributed by atoms with E-state index >= 15 is 0 Å². The van der Waals surface area contributed by atoms with Crippen molar-refractivity contribution in [1.29, 1.82) is 0 Å². The van der Waals surface area contributed by atoms with Gasteiger partial charge in [-0.05, 0) is 18.4 Å². The van der Waals surface area contributed by atoms with Gasteiger partial charge in [-0.3, -0.25) is 0 Å². The van der Waals surface area contributed by atoms with E-state index in [-0.39, 0.29) is 0 Å². The molecule has 0 radical (unpaired) electrons. The lowest BCUT2D eigenvalue weighted by atomic mass is 10.2. The van der Waals surface area contributed by atoms with Gasteiger partial charge >= 0.3 is 0 Å². The molecule has 0 spiro atoms. The highest BCUT2D eigenvalue weighted by molar-refractivity contribution is 7.10. The molecule has 2 rings (SSSR count). The second-order valence-electron chi connectivity index (χ2n) is 3.81. The zero-order valence-corrected chi connectivity index (χ0v) is 11.0. The Bertz CT molecular complexity index is 469. The summed E-state index contributed by atoms with van der Waals surface area (Å²) in [7, 11) is 3.90. The number of anilines is 2. The minimum atomic E-state index is 0.314. The molecule has 0 saturated carbocycles. The van der Waals surface area contributed by atoms with Crippen LogP contribution in [0.2, 0.25) is 0 Å². The molecule has 17 heavy (non-hydrogen) atoms. The largest absolute Gasteiger partial charge is 0.373 e. The van der Waals surface area contributed by atoms with Crippen LogP contribution in [-0.4, -0.2) is 24.1 Å². The average molecular weight is 248 g/mol. The first kappa shape index (κ1) is 11.9. The molecule has 0 aliphatic rings. The van der Waals surface area contributed by atoms with E-state index in [1.165, 1.54) is 4.88 Å². The number of aromatic nitrogens is 2. The van der Waals surface area contributed by atoms with Gasteiger partial charge in [-0.25, -0.2) is 9.97 Å². The summed E-state index contributed by atoms with van der Waals surface area (Å²) < 4.78 is 0. The Balaban J connectivity index is 2.21. The molecular formula is C12H16N4S. The van der Waals surface area contributed by atoms with Crippen LogP contribution in [0.1, 0.15) is 17.8 Å². The molecule has 0 aromatic carbocycles. The lowest BCUT2D eigenvalue weighted by Crippen LogP contribution is -2.22. The quantitative estimate of drug-likeness (QED) is 0.903. The number of nitrogens with zero attached hydrogens (tertiary/aromatic N) is 3. The van der Waals surface area contributed by atoms with Crippen molar-refractivity contribution in [3.63, 3.8) is 0 Å². The fraction of sp³-hybridized carbons (Fsp3) is 0.333. The third-order valence-electron chi connectivity index (χ3n) is 2.81. The SMILES string of the molecule is CNc1cc(N(C)C(C)c2cccs2)ncn1. The minimum absolute atomic E-state index is 0.314. The van der Waals surface area contributed by atoms with Gasteiger partial charge in [0, 0.05) is 25.0 Å². The van der Waals surface area contributed by atoms with Crippen molar-refractivity contribution in [3.8, 4) is 0 Å². The lowest BCUT2D eigenvalue weighted by molar-refractivity contribution is 0.740. The molecule has 1 N–H and O–H groups in total. The van der Waals surface area contributed by atoms with Gasteiger partial charge in [-0.2, -0.15) is 0 Å². The summed E-state index contributed by atoms with van der Waals surface area (Å²) in [6.07, 6.45) is 1.58. The van der Waals surface area contributed by atoms with E-state index in [2.05, 4.69) is 44.6 Å². The van der Waals surface area contributed by atoms with Crippen LogP contribution in [0.25, 0.3) is 0 Å². The fourth-order valence-corrected chi connectivity index (χ4v) is 2.42. The molecular weight excluding hydrogens is 232 g/mol. The first-order valence-electron chi connectivity index (χ1n) is 5.48. The first-order chi connectivity index (χ1) is 8.22. The number of thiophene rings is 1. The van der Waals surface area contributed by atoms with Crippen molar-refractivity contribution in [2.75, 3.05) is 24.3 Å². The Morgan fingerprint density at radius 2 is 2.24 bits per heavy atom. The highest BCUT2D eigenvalue weighted by Gasteiger charge is 2.14. The van der Waals surface area contributed by atoms with Crippen LogP contribution in [0, 0.1) is 0 Å². The fourth-order valence-electron chi connectivity index (χ4n) is 1.59. The average Bonchev–Trinajstić information content (AvgIpc) is 2.91. The molecule has 0 amide bonds. The zero-order chi connectivity index (χ0) is 12.3. The van der Waals surface area contributed by atoms with Crippen LogP contribution in [0.4, 0.5) is 11.6 Å². The summed E-state index contributed by atoms with van der Waals surface area (Å²) in [5, 5.41) is 5.12. The summed E-state index contributed by atoms with van der Waals surface area (Å²) in [6.45, 7) is 2.17. The number of hydrogen-bond acceptors (Lipinski definition) is 5. The maximum Gasteiger partial charge on any atom is 0.134 e. The predicted molar refractivity (Wildman–Crippen MR) is 72.7 cm³/mol. The maximum absolute atomic E-state index is 4.30. The van der Waals surface area contributed by atoms with Crippen molar-refractivity contribution >= 4 is 23.0 Å². The van der Waals surface area contributed by atoms with Crippen LogP contribution in [0.15, 0.2) is 29.9 Å². The molecule has 0 aliphatic carbocycles. The smallest absolute Gasteiger partial charge is 0.134 e. The van der Waals surface area contributed by atoms with Crippen LogP contribution in [0.3, 0.4) is 0 Å². The molecule has 90 valence electrons. The standard InChI is InChI=1S/C12H16N4S/c1-9(10-5-4-6-17-10)16(3)12-7-11(13-2)14-8-15-12/h4-9H,1-3H3,(H,13,14,15). The van der Waals surface area contributed by atoms with E-state index < -0.39 is 0 Å². The minimum Gasteiger partial charge on any atom is -0.373 e. The van der Waals surface area contributed by atoms with E-state index in [9.17, 15) is 0 Å². The van der Waals surface area contributed by atoms with E-state index in [1.54, 1.807) is 17.7 Å². The summed E-state index contributed by atoms with van der Waals surface area (Å²) in [6, 6.07) is 6.48. The normalized spacial score (nSPS) is 12.2. The van der Waals surface area contributed by atoms with Crippen molar-refractivity contribution in [3.05, 3.63) is 34.8 Å². The van der Waals surface area contributed by atoms with Crippen molar-refractivity contribution < 1.29 is 0 Å². The molecule has 1 unspecified atom stereocenters. The van der Waals surface area contributed by atoms with Gasteiger partial charge in [0.05, 0.1) is 6.04 Å². The first-order valence-corrected chi connectivity index (χ1v) is 6.36. The molecule has 0 fully saturated rings. The van der Waals surface area contributed by atoms with E-state index in [1.807, 2.05) is 20.2 Å². The molecule has 5 heteroatoms. The second kappa shape index (κ2) is 5.14. The molecule has 2 aromatic rings. The van der Waals surface area contributed by atoms with Crippen molar-refractivity contribution in [2.24, 2.45) is 0 Å². The Kier molecular flexibility index (Phi) is 3.58. The Morgan fingerprint density at radius 3 is 2.88 bits per heavy atom. The number of hydrogen-bond donors (Lipinski definition) is 1. The highest BCUT2D eigenvalue weighted by Crippen LogP contribution is 2.27. The molecule has 2 aromatic heterocycles. The Morgan fingerprint density at radius 1 is 1.41 bits per heavy atom.